The van der Waals surface area contributed by atoms with Crippen LogP contribution < -0.4 is 0 Å². The quantitative estimate of drug-likeness (QED) is 0.917. The van der Waals surface area contributed by atoms with E-state index in [0.29, 0.717) is 5.56 Å². The first kappa shape index (κ1) is 17.2. The van der Waals surface area contributed by atoms with E-state index in [0.717, 1.165) is 5.56 Å². The average molecular weight is 334 g/mol. The Kier molecular flexibility index (Phi) is 4.14. The number of rotatable bonds is 2. The fourth-order valence-corrected chi connectivity index (χ4v) is 4.21. The molecule has 3 unspecified atom stereocenters. The zero-order valence-corrected chi connectivity index (χ0v) is 14.7. The molecule has 2 aromatic carbocycles. The Morgan fingerprint density at radius 2 is 1.56 bits per heavy atom. The van der Waals surface area contributed by atoms with Crippen LogP contribution in [0.5, 0.6) is 0 Å². The van der Waals surface area contributed by atoms with E-state index in [-0.39, 0.29) is 5.91 Å². The minimum atomic E-state index is -1.51. The van der Waals surface area contributed by atoms with Crippen molar-refractivity contribution in [3.05, 3.63) is 71.8 Å². The second-order valence-corrected chi connectivity index (χ2v) is 7.15. The van der Waals surface area contributed by atoms with Crippen LogP contribution in [-0.4, -0.2) is 23.0 Å². The summed E-state index contributed by atoms with van der Waals surface area (Å²) >= 11 is 0. The van der Waals surface area contributed by atoms with Gasteiger partial charge in [-0.15, -0.1) is 0 Å². The van der Waals surface area contributed by atoms with E-state index >= 15 is 0 Å². The van der Waals surface area contributed by atoms with Gasteiger partial charge in [-0.1, -0.05) is 74.5 Å². The number of amides is 1. The molecule has 4 nitrogen and oxygen atoms in total. The molecule has 1 aliphatic heterocycles. The van der Waals surface area contributed by atoms with Gasteiger partial charge in [-0.3, -0.25) is 4.79 Å². The fourth-order valence-electron chi connectivity index (χ4n) is 4.21. The number of carbonyl (C=O) groups is 1. The number of nitriles is 1. The van der Waals surface area contributed by atoms with Crippen LogP contribution in [0.3, 0.4) is 0 Å². The van der Waals surface area contributed by atoms with E-state index in [9.17, 15) is 15.2 Å². The van der Waals surface area contributed by atoms with Crippen LogP contribution in [-0.2, 0) is 10.5 Å². The second kappa shape index (κ2) is 6.02. The molecule has 1 saturated heterocycles. The minimum Gasteiger partial charge on any atom is -0.366 e. The molecule has 4 heteroatoms. The average Bonchev–Trinajstić information content (AvgIpc) is 2.64. The largest absolute Gasteiger partial charge is 0.366 e. The predicted octanol–water partition coefficient (Wildman–Crippen LogP) is 3.25. The monoisotopic (exact) mass is 334 g/mol. The highest BCUT2D eigenvalue weighted by molar-refractivity contribution is 5.84. The maximum absolute atomic E-state index is 13.0. The molecule has 2 aromatic rings. The molecule has 1 amide bonds. The summed E-state index contributed by atoms with van der Waals surface area (Å²) in [5.41, 5.74) is -0.763. The van der Waals surface area contributed by atoms with Crippen LogP contribution in [0.4, 0.5) is 0 Å². The first-order chi connectivity index (χ1) is 11.9. The highest BCUT2D eigenvalue weighted by Gasteiger charge is 2.61. The molecule has 3 rings (SSSR count). The number of carbonyl (C=O) groups excluding carboxylic acids is 1. The van der Waals surface area contributed by atoms with Crippen LogP contribution in [0.1, 0.15) is 30.9 Å². The van der Waals surface area contributed by atoms with Crippen molar-refractivity contribution >= 4 is 5.91 Å². The van der Waals surface area contributed by atoms with E-state index in [1.165, 1.54) is 4.90 Å². The summed E-state index contributed by atoms with van der Waals surface area (Å²) in [5, 5.41) is 21.5. The summed E-state index contributed by atoms with van der Waals surface area (Å²) in [6.07, 6.45) is 0. The smallest absolute Gasteiger partial charge is 0.242 e. The molecule has 128 valence electrons. The number of piperidine rings is 1. The van der Waals surface area contributed by atoms with Gasteiger partial charge in [0.25, 0.3) is 0 Å². The molecule has 1 aliphatic rings. The summed E-state index contributed by atoms with van der Waals surface area (Å²) in [7, 11) is 1.57. The van der Waals surface area contributed by atoms with Crippen LogP contribution in [0.15, 0.2) is 60.7 Å². The van der Waals surface area contributed by atoms with E-state index in [4.69, 9.17) is 0 Å². The Labute approximate surface area is 148 Å². The Morgan fingerprint density at radius 3 is 2.08 bits per heavy atom. The lowest BCUT2D eigenvalue weighted by molar-refractivity contribution is -0.222. The SMILES string of the molecule is CN1C(=O)C(C#N)C(c2ccccc2)C(C)(C)C1(O)c1ccccc1. The van der Waals surface area contributed by atoms with Gasteiger partial charge in [-0.25, -0.2) is 0 Å². The lowest BCUT2D eigenvalue weighted by Crippen LogP contribution is -2.65. The van der Waals surface area contributed by atoms with Crippen molar-refractivity contribution < 1.29 is 9.90 Å². The van der Waals surface area contributed by atoms with Crippen molar-refractivity contribution in [3.8, 4) is 6.07 Å². The van der Waals surface area contributed by atoms with Crippen LogP contribution in [0, 0.1) is 22.7 Å². The molecule has 1 N–H and O–H groups in total. The number of aliphatic hydroxyl groups is 1. The molecule has 0 spiro atoms. The summed E-state index contributed by atoms with van der Waals surface area (Å²) in [4.78, 5) is 14.3. The minimum absolute atomic E-state index is 0.359. The van der Waals surface area contributed by atoms with E-state index in [2.05, 4.69) is 6.07 Å². The molecule has 1 heterocycles. The van der Waals surface area contributed by atoms with Crippen LogP contribution in [0.2, 0.25) is 0 Å². The molecular formula is C21H22N2O2. The van der Waals surface area contributed by atoms with Gasteiger partial charge >= 0.3 is 0 Å². The zero-order chi connectivity index (χ0) is 18.2. The Hall–Kier alpha value is -2.64. The number of hydrogen-bond donors (Lipinski definition) is 1. The van der Waals surface area contributed by atoms with Crippen molar-refractivity contribution in [3.63, 3.8) is 0 Å². The lowest BCUT2D eigenvalue weighted by Gasteiger charge is -2.57. The third kappa shape index (κ3) is 2.35. The highest BCUT2D eigenvalue weighted by Crippen LogP contribution is 2.57. The van der Waals surface area contributed by atoms with E-state index < -0.39 is 23.0 Å². The van der Waals surface area contributed by atoms with Crippen molar-refractivity contribution in [2.24, 2.45) is 11.3 Å². The molecule has 1 fully saturated rings. The maximum atomic E-state index is 13.0. The molecule has 0 radical (unpaired) electrons. The third-order valence-electron chi connectivity index (χ3n) is 5.57. The summed E-state index contributed by atoms with van der Waals surface area (Å²) in [6.45, 7) is 3.84. The number of nitrogens with zero attached hydrogens (tertiary/aromatic N) is 2. The first-order valence-corrected chi connectivity index (χ1v) is 8.36. The van der Waals surface area contributed by atoms with Crippen LogP contribution >= 0.6 is 0 Å². The number of likely N-dealkylation sites (tertiary alicyclic amines) is 1. The molecule has 0 bridgehead atoms. The van der Waals surface area contributed by atoms with Gasteiger partial charge in [0.2, 0.25) is 5.91 Å². The highest BCUT2D eigenvalue weighted by atomic mass is 16.3. The van der Waals surface area contributed by atoms with Gasteiger partial charge in [0.1, 0.15) is 5.92 Å². The van der Waals surface area contributed by atoms with Crippen LogP contribution in [0.25, 0.3) is 0 Å². The van der Waals surface area contributed by atoms with Gasteiger partial charge < -0.3 is 10.0 Å². The van der Waals surface area contributed by atoms with Crippen molar-refractivity contribution in [1.82, 2.24) is 4.90 Å². The van der Waals surface area contributed by atoms with Gasteiger partial charge in [-0.2, -0.15) is 5.26 Å². The first-order valence-electron chi connectivity index (χ1n) is 8.36. The normalized spacial score (nSPS) is 28.4. The zero-order valence-electron chi connectivity index (χ0n) is 14.7. The third-order valence-corrected chi connectivity index (χ3v) is 5.57. The second-order valence-electron chi connectivity index (χ2n) is 7.15. The summed E-state index contributed by atoms with van der Waals surface area (Å²) in [5.74, 6) is -1.62. The van der Waals surface area contributed by atoms with E-state index in [1.54, 1.807) is 7.05 Å². The Morgan fingerprint density at radius 1 is 1.04 bits per heavy atom. The summed E-state index contributed by atoms with van der Waals surface area (Å²) in [6, 6.07) is 20.9. The number of hydrogen-bond acceptors (Lipinski definition) is 3. The van der Waals surface area contributed by atoms with E-state index in [1.807, 2.05) is 74.5 Å². The maximum Gasteiger partial charge on any atom is 0.242 e. The van der Waals surface area contributed by atoms with Gasteiger partial charge in [0, 0.05) is 23.9 Å². The standard InChI is InChI=1S/C21H22N2O2/c1-20(2)18(15-10-6-4-7-11-15)17(14-22)19(24)23(3)21(20,25)16-12-8-5-9-13-16/h4-13,17-18,25H,1-3H3. The predicted molar refractivity (Wildman–Crippen MR) is 95.2 cm³/mol. The number of benzene rings is 2. The van der Waals surface area contributed by atoms with Gasteiger partial charge in [0.15, 0.2) is 5.72 Å². The molecule has 0 aliphatic carbocycles. The Balaban J connectivity index is 2.25. The molecule has 25 heavy (non-hydrogen) atoms. The van der Waals surface area contributed by atoms with Crippen molar-refractivity contribution in [2.75, 3.05) is 7.05 Å². The lowest BCUT2D eigenvalue weighted by atomic mass is 9.58. The van der Waals surface area contributed by atoms with Gasteiger partial charge in [0.05, 0.1) is 6.07 Å². The Bertz CT molecular complexity index is 811. The molecule has 3 atom stereocenters. The fraction of sp³-hybridized carbons (Fsp3) is 0.333. The topological polar surface area (TPSA) is 64.3 Å². The van der Waals surface area contributed by atoms with Crippen molar-refractivity contribution in [1.29, 1.82) is 5.26 Å². The molecule has 0 saturated carbocycles. The molecule has 0 aromatic heterocycles. The van der Waals surface area contributed by atoms with Gasteiger partial charge in [-0.05, 0) is 5.56 Å². The summed E-state index contributed by atoms with van der Waals surface area (Å²) < 4.78 is 0. The van der Waals surface area contributed by atoms with Crippen molar-refractivity contribution in [2.45, 2.75) is 25.5 Å². The molecular weight excluding hydrogens is 312 g/mol.